The van der Waals surface area contributed by atoms with Gasteiger partial charge < -0.3 is 4.74 Å². The van der Waals surface area contributed by atoms with Crippen LogP contribution in [0.25, 0.3) is 0 Å². The van der Waals surface area contributed by atoms with E-state index in [1.54, 1.807) is 7.11 Å². The topological polar surface area (TPSA) is 30.5 Å². The maximum atomic E-state index is 5.88. The molecule has 0 bridgehead atoms. The first kappa shape index (κ1) is 12.9. The van der Waals surface area contributed by atoms with Crippen LogP contribution in [0.1, 0.15) is 55.7 Å². The molecule has 0 heterocycles. The summed E-state index contributed by atoms with van der Waals surface area (Å²) in [6.45, 7) is 0. The summed E-state index contributed by atoms with van der Waals surface area (Å²) in [5.74, 6) is 0.938. The van der Waals surface area contributed by atoms with Gasteiger partial charge in [-0.25, -0.2) is 0 Å². The molecule has 1 N–H and O–H groups in total. The number of methoxy groups -OCH3 is 1. The predicted molar refractivity (Wildman–Crippen MR) is 75.1 cm³/mol. The summed E-state index contributed by atoms with van der Waals surface area (Å²) in [6, 6.07) is 6.72. The van der Waals surface area contributed by atoms with Crippen molar-refractivity contribution in [3.05, 3.63) is 29.3 Å². The van der Waals surface area contributed by atoms with Crippen LogP contribution in [-0.2, 0) is 11.3 Å². The minimum absolute atomic E-state index is 0.319. The molecule has 2 aliphatic carbocycles. The first-order valence-electron chi connectivity index (χ1n) is 7.45. The number of aryl methyl sites for hydroxylation is 1. The summed E-state index contributed by atoms with van der Waals surface area (Å²) in [7, 11) is 1.72. The van der Waals surface area contributed by atoms with Gasteiger partial charge >= 0.3 is 0 Å². The van der Waals surface area contributed by atoms with E-state index in [9.17, 15) is 0 Å². The SMILES string of the molecule is COc1ccc2c(c1)C(NOC1CCCC1)CCC2. The average Bonchev–Trinajstić information content (AvgIpc) is 2.97. The molecule has 0 radical (unpaired) electrons. The second-order valence-corrected chi connectivity index (χ2v) is 5.65. The van der Waals surface area contributed by atoms with Crippen LogP contribution >= 0.6 is 0 Å². The Morgan fingerprint density at radius 2 is 1.95 bits per heavy atom. The molecule has 2 aliphatic rings. The normalized spacial score (nSPS) is 23.3. The quantitative estimate of drug-likeness (QED) is 0.841. The molecular weight excluding hydrogens is 238 g/mol. The minimum atomic E-state index is 0.319. The number of hydrogen-bond acceptors (Lipinski definition) is 3. The van der Waals surface area contributed by atoms with Crippen molar-refractivity contribution < 1.29 is 9.57 Å². The molecule has 3 nitrogen and oxygen atoms in total. The van der Waals surface area contributed by atoms with Crippen LogP contribution in [0, 0.1) is 0 Å². The van der Waals surface area contributed by atoms with Crippen molar-refractivity contribution in [1.29, 1.82) is 0 Å². The molecule has 1 aromatic carbocycles. The molecule has 104 valence electrons. The molecule has 1 unspecified atom stereocenters. The van der Waals surface area contributed by atoms with Crippen LogP contribution in [0.3, 0.4) is 0 Å². The van der Waals surface area contributed by atoms with Crippen LogP contribution in [0.5, 0.6) is 5.75 Å². The van der Waals surface area contributed by atoms with E-state index < -0.39 is 0 Å². The van der Waals surface area contributed by atoms with E-state index in [4.69, 9.17) is 9.57 Å². The molecule has 1 aromatic rings. The smallest absolute Gasteiger partial charge is 0.119 e. The van der Waals surface area contributed by atoms with Gasteiger partial charge in [0.25, 0.3) is 0 Å². The maximum Gasteiger partial charge on any atom is 0.119 e. The molecule has 0 aliphatic heterocycles. The van der Waals surface area contributed by atoms with Crippen molar-refractivity contribution in [2.75, 3.05) is 7.11 Å². The lowest BCUT2D eigenvalue weighted by molar-refractivity contribution is -0.0436. The fourth-order valence-electron chi connectivity index (χ4n) is 3.21. The highest BCUT2D eigenvalue weighted by atomic mass is 16.7. The molecule has 0 amide bonds. The van der Waals surface area contributed by atoms with E-state index in [1.807, 2.05) is 0 Å². The van der Waals surface area contributed by atoms with Gasteiger partial charge in [0.2, 0.25) is 0 Å². The molecule has 1 fully saturated rings. The van der Waals surface area contributed by atoms with E-state index in [1.165, 1.54) is 49.7 Å². The number of ether oxygens (including phenoxy) is 1. The van der Waals surface area contributed by atoms with Crippen molar-refractivity contribution in [2.24, 2.45) is 0 Å². The van der Waals surface area contributed by atoms with E-state index in [0.717, 1.165) is 12.2 Å². The summed E-state index contributed by atoms with van der Waals surface area (Å²) in [4.78, 5) is 5.88. The lowest BCUT2D eigenvalue weighted by Gasteiger charge is -2.27. The third-order valence-electron chi connectivity index (χ3n) is 4.35. The molecule has 1 saturated carbocycles. The van der Waals surface area contributed by atoms with Crippen molar-refractivity contribution in [3.8, 4) is 5.75 Å². The van der Waals surface area contributed by atoms with Crippen LogP contribution in [-0.4, -0.2) is 13.2 Å². The van der Waals surface area contributed by atoms with Crippen LogP contribution < -0.4 is 10.2 Å². The lowest BCUT2D eigenvalue weighted by Crippen LogP contribution is -2.29. The Morgan fingerprint density at radius 3 is 2.74 bits per heavy atom. The zero-order valence-corrected chi connectivity index (χ0v) is 11.7. The summed E-state index contributed by atoms with van der Waals surface area (Å²) < 4.78 is 5.34. The lowest BCUT2D eigenvalue weighted by atomic mass is 9.88. The van der Waals surface area contributed by atoms with E-state index in [-0.39, 0.29) is 0 Å². The Labute approximate surface area is 115 Å². The average molecular weight is 261 g/mol. The number of benzene rings is 1. The van der Waals surface area contributed by atoms with Gasteiger partial charge in [0.1, 0.15) is 5.75 Å². The number of fused-ring (bicyclic) bond motifs is 1. The summed E-state index contributed by atoms with van der Waals surface area (Å²) in [6.07, 6.45) is 8.97. The predicted octanol–water partition coefficient (Wildman–Crippen LogP) is 3.54. The molecule has 1 atom stereocenters. The molecular formula is C16H23NO2. The minimum Gasteiger partial charge on any atom is -0.497 e. The van der Waals surface area contributed by atoms with Gasteiger partial charge in [-0.3, -0.25) is 4.84 Å². The number of rotatable bonds is 4. The van der Waals surface area contributed by atoms with E-state index in [2.05, 4.69) is 23.7 Å². The Bertz CT molecular complexity index is 427. The maximum absolute atomic E-state index is 5.88. The second-order valence-electron chi connectivity index (χ2n) is 5.65. The van der Waals surface area contributed by atoms with Crippen molar-refractivity contribution in [2.45, 2.75) is 57.1 Å². The highest BCUT2D eigenvalue weighted by Crippen LogP contribution is 2.33. The highest BCUT2D eigenvalue weighted by molar-refractivity contribution is 5.39. The van der Waals surface area contributed by atoms with Crippen LogP contribution in [0.15, 0.2) is 18.2 Å². The van der Waals surface area contributed by atoms with Gasteiger partial charge in [0.15, 0.2) is 0 Å². The van der Waals surface area contributed by atoms with Gasteiger partial charge in [0.05, 0.1) is 19.3 Å². The fraction of sp³-hybridized carbons (Fsp3) is 0.625. The molecule has 19 heavy (non-hydrogen) atoms. The first-order chi connectivity index (χ1) is 9.36. The van der Waals surface area contributed by atoms with Crippen molar-refractivity contribution in [1.82, 2.24) is 5.48 Å². The van der Waals surface area contributed by atoms with Gasteiger partial charge in [-0.2, -0.15) is 5.48 Å². The summed E-state index contributed by atoms with van der Waals surface area (Å²) >= 11 is 0. The Balaban J connectivity index is 1.69. The summed E-state index contributed by atoms with van der Waals surface area (Å²) in [5, 5.41) is 0. The third-order valence-corrected chi connectivity index (χ3v) is 4.35. The third kappa shape index (κ3) is 2.93. The largest absolute Gasteiger partial charge is 0.497 e. The van der Waals surface area contributed by atoms with E-state index in [0.29, 0.717) is 12.1 Å². The zero-order valence-electron chi connectivity index (χ0n) is 11.7. The standard InChI is InChI=1S/C16H23NO2/c1-18-14-10-9-12-5-4-8-16(15(12)11-14)17-19-13-6-2-3-7-13/h9-11,13,16-17H,2-8H2,1H3. The Kier molecular flexibility index (Phi) is 4.04. The second kappa shape index (κ2) is 5.93. The van der Waals surface area contributed by atoms with Gasteiger partial charge in [-0.15, -0.1) is 0 Å². The van der Waals surface area contributed by atoms with E-state index >= 15 is 0 Å². The summed E-state index contributed by atoms with van der Waals surface area (Å²) in [5.41, 5.74) is 6.10. The van der Waals surface area contributed by atoms with Crippen molar-refractivity contribution in [3.63, 3.8) is 0 Å². The van der Waals surface area contributed by atoms with Crippen LogP contribution in [0.2, 0.25) is 0 Å². The molecule has 0 spiro atoms. The Hall–Kier alpha value is -1.06. The number of hydroxylamine groups is 1. The number of nitrogens with one attached hydrogen (secondary N) is 1. The molecule has 0 saturated heterocycles. The van der Waals surface area contributed by atoms with Crippen molar-refractivity contribution >= 4 is 0 Å². The number of hydrogen-bond donors (Lipinski definition) is 1. The zero-order chi connectivity index (χ0) is 13.1. The molecule has 0 aromatic heterocycles. The van der Waals surface area contributed by atoms with Crippen LogP contribution in [0.4, 0.5) is 0 Å². The monoisotopic (exact) mass is 261 g/mol. The molecule has 3 rings (SSSR count). The highest BCUT2D eigenvalue weighted by Gasteiger charge is 2.23. The van der Waals surface area contributed by atoms with Gasteiger partial charge in [0, 0.05) is 0 Å². The fourth-order valence-corrected chi connectivity index (χ4v) is 3.21. The Morgan fingerprint density at radius 1 is 1.11 bits per heavy atom. The first-order valence-corrected chi connectivity index (χ1v) is 7.45. The van der Waals surface area contributed by atoms with Gasteiger partial charge in [-0.1, -0.05) is 18.9 Å². The van der Waals surface area contributed by atoms with Gasteiger partial charge in [-0.05, 0) is 55.4 Å². The molecule has 3 heteroatoms.